The Morgan fingerprint density at radius 3 is 2.44 bits per heavy atom. The second-order valence-electron chi connectivity index (χ2n) is 4.26. The Morgan fingerprint density at radius 1 is 0.944 bits per heavy atom. The number of benzene rings is 2. The summed E-state index contributed by atoms with van der Waals surface area (Å²) in [5, 5.41) is 3.49. The van der Waals surface area contributed by atoms with Gasteiger partial charge in [0.05, 0.1) is 0 Å². The fourth-order valence-corrected chi connectivity index (χ4v) is 2.62. The lowest BCUT2D eigenvalue weighted by molar-refractivity contribution is 0.728. The van der Waals surface area contributed by atoms with E-state index in [0.717, 1.165) is 18.8 Å². The minimum Gasteiger partial charge on any atom is -0.312 e. The number of nitrogens with one attached hydrogen (secondary N) is 1. The van der Waals surface area contributed by atoms with Crippen LogP contribution in [0.4, 0.5) is 0 Å². The van der Waals surface area contributed by atoms with Crippen molar-refractivity contribution >= 4 is 11.8 Å². The van der Waals surface area contributed by atoms with Crippen LogP contribution in [0.2, 0.25) is 0 Å². The smallest absolute Gasteiger partial charge is 0.0208 e. The second-order valence-corrected chi connectivity index (χ2v) is 5.43. The Bertz CT molecular complexity index is 468. The first kappa shape index (κ1) is 13.2. The molecule has 94 valence electrons. The molecule has 1 N–H and O–H groups in total. The van der Waals surface area contributed by atoms with E-state index in [4.69, 9.17) is 0 Å². The molecule has 0 fully saturated rings. The van der Waals surface area contributed by atoms with Gasteiger partial charge in [0.1, 0.15) is 0 Å². The Kier molecular flexibility index (Phi) is 5.31. The van der Waals surface area contributed by atoms with Crippen molar-refractivity contribution in [3.63, 3.8) is 0 Å². The van der Waals surface area contributed by atoms with Gasteiger partial charge in [-0.15, -0.1) is 11.8 Å². The van der Waals surface area contributed by atoms with Gasteiger partial charge in [0, 0.05) is 23.7 Å². The van der Waals surface area contributed by atoms with E-state index < -0.39 is 0 Å². The summed E-state index contributed by atoms with van der Waals surface area (Å²) in [6, 6.07) is 19.1. The highest BCUT2D eigenvalue weighted by Crippen LogP contribution is 2.15. The number of thioether (sulfide) groups is 1. The molecule has 0 radical (unpaired) electrons. The van der Waals surface area contributed by atoms with Crippen LogP contribution in [0.25, 0.3) is 0 Å². The maximum atomic E-state index is 3.49. The first-order chi connectivity index (χ1) is 8.86. The summed E-state index contributed by atoms with van der Waals surface area (Å²) in [4.78, 5) is 1.34. The van der Waals surface area contributed by atoms with Gasteiger partial charge in [-0.3, -0.25) is 0 Å². The van der Waals surface area contributed by atoms with Gasteiger partial charge < -0.3 is 5.32 Å². The predicted molar refractivity (Wildman–Crippen MR) is 80.1 cm³/mol. The van der Waals surface area contributed by atoms with Gasteiger partial charge in [-0.05, 0) is 30.2 Å². The van der Waals surface area contributed by atoms with Gasteiger partial charge in [-0.1, -0.05) is 42.5 Å². The van der Waals surface area contributed by atoms with Crippen molar-refractivity contribution in [2.45, 2.75) is 18.4 Å². The summed E-state index contributed by atoms with van der Waals surface area (Å²) in [6.07, 6.45) is 0. The predicted octanol–water partition coefficient (Wildman–Crippen LogP) is 3.88. The van der Waals surface area contributed by atoms with E-state index in [1.807, 2.05) is 11.8 Å². The van der Waals surface area contributed by atoms with E-state index in [-0.39, 0.29) is 0 Å². The number of aryl methyl sites for hydroxylation is 1. The lowest BCUT2D eigenvalue weighted by Crippen LogP contribution is -2.17. The molecule has 0 unspecified atom stereocenters. The second kappa shape index (κ2) is 7.24. The van der Waals surface area contributed by atoms with Crippen molar-refractivity contribution in [3.05, 3.63) is 65.7 Å². The molecule has 2 heteroatoms. The number of hydrogen-bond acceptors (Lipinski definition) is 2. The largest absolute Gasteiger partial charge is 0.312 e. The molecule has 1 nitrogen and oxygen atoms in total. The standard InChI is InChI=1S/C16H19NS/c1-14-7-5-6-8-15(14)13-17-11-12-18-16-9-3-2-4-10-16/h2-10,17H,11-13H2,1H3. The van der Waals surface area contributed by atoms with Crippen LogP contribution in [0.5, 0.6) is 0 Å². The highest BCUT2D eigenvalue weighted by molar-refractivity contribution is 7.99. The zero-order valence-corrected chi connectivity index (χ0v) is 11.5. The zero-order chi connectivity index (χ0) is 12.6. The lowest BCUT2D eigenvalue weighted by Gasteiger charge is -2.07. The first-order valence-electron chi connectivity index (χ1n) is 6.29. The fourth-order valence-electron chi connectivity index (χ4n) is 1.79. The van der Waals surface area contributed by atoms with E-state index in [0.29, 0.717) is 0 Å². The molecule has 0 atom stereocenters. The molecule has 0 heterocycles. The van der Waals surface area contributed by atoms with E-state index in [1.54, 1.807) is 0 Å². The van der Waals surface area contributed by atoms with Crippen molar-refractivity contribution in [1.82, 2.24) is 5.32 Å². The monoisotopic (exact) mass is 257 g/mol. The van der Waals surface area contributed by atoms with E-state index in [1.165, 1.54) is 16.0 Å². The molecule has 0 bridgehead atoms. The van der Waals surface area contributed by atoms with Gasteiger partial charge in [0.25, 0.3) is 0 Å². The molecule has 0 aromatic heterocycles. The summed E-state index contributed by atoms with van der Waals surface area (Å²) in [5.41, 5.74) is 2.75. The quantitative estimate of drug-likeness (QED) is 0.622. The molecule has 0 saturated heterocycles. The van der Waals surface area contributed by atoms with E-state index in [2.05, 4.69) is 66.8 Å². The van der Waals surface area contributed by atoms with Crippen LogP contribution in [0.15, 0.2) is 59.5 Å². The highest BCUT2D eigenvalue weighted by Gasteiger charge is 1.96. The lowest BCUT2D eigenvalue weighted by atomic mass is 10.1. The molecular formula is C16H19NS. The molecule has 0 spiro atoms. The minimum atomic E-state index is 0.960. The molecule has 0 aliphatic carbocycles. The Hall–Kier alpha value is -1.25. The van der Waals surface area contributed by atoms with Crippen LogP contribution < -0.4 is 5.32 Å². The molecule has 0 amide bonds. The summed E-state index contributed by atoms with van der Waals surface area (Å²) in [5.74, 6) is 1.11. The summed E-state index contributed by atoms with van der Waals surface area (Å²) >= 11 is 1.90. The Morgan fingerprint density at radius 2 is 1.67 bits per heavy atom. The molecule has 2 aromatic carbocycles. The summed E-state index contributed by atoms with van der Waals surface area (Å²) in [6.45, 7) is 4.16. The van der Waals surface area contributed by atoms with Crippen molar-refractivity contribution in [3.8, 4) is 0 Å². The molecule has 0 aliphatic heterocycles. The third-order valence-corrected chi connectivity index (χ3v) is 3.88. The van der Waals surface area contributed by atoms with Crippen LogP contribution in [0.3, 0.4) is 0 Å². The normalized spacial score (nSPS) is 10.5. The Balaban J connectivity index is 1.66. The molecule has 18 heavy (non-hydrogen) atoms. The first-order valence-corrected chi connectivity index (χ1v) is 7.28. The van der Waals surface area contributed by atoms with Crippen molar-refractivity contribution in [2.24, 2.45) is 0 Å². The third kappa shape index (κ3) is 4.21. The molecular weight excluding hydrogens is 238 g/mol. The van der Waals surface area contributed by atoms with Crippen LogP contribution >= 0.6 is 11.8 Å². The van der Waals surface area contributed by atoms with Crippen LogP contribution in [0, 0.1) is 6.92 Å². The van der Waals surface area contributed by atoms with Gasteiger partial charge in [-0.25, -0.2) is 0 Å². The highest BCUT2D eigenvalue weighted by atomic mass is 32.2. The Labute approximate surface area is 114 Å². The summed E-state index contributed by atoms with van der Waals surface area (Å²) < 4.78 is 0. The molecule has 2 rings (SSSR count). The number of rotatable bonds is 6. The van der Waals surface area contributed by atoms with Gasteiger partial charge in [0.2, 0.25) is 0 Å². The average molecular weight is 257 g/mol. The zero-order valence-electron chi connectivity index (χ0n) is 10.7. The third-order valence-electron chi connectivity index (χ3n) is 2.87. The SMILES string of the molecule is Cc1ccccc1CNCCSc1ccccc1. The van der Waals surface area contributed by atoms with Gasteiger partial charge in [-0.2, -0.15) is 0 Å². The molecule has 2 aromatic rings. The van der Waals surface area contributed by atoms with E-state index in [9.17, 15) is 0 Å². The van der Waals surface area contributed by atoms with Crippen molar-refractivity contribution in [2.75, 3.05) is 12.3 Å². The number of hydrogen-bond donors (Lipinski definition) is 1. The molecule has 0 saturated carbocycles. The average Bonchev–Trinajstić information content (AvgIpc) is 2.42. The van der Waals surface area contributed by atoms with Crippen molar-refractivity contribution in [1.29, 1.82) is 0 Å². The van der Waals surface area contributed by atoms with Crippen LogP contribution in [-0.4, -0.2) is 12.3 Å². The maximum absolute atomic E-state index is 3.49. The van der Waals surface area contributed by atoms with Crippen LogP contribution in [-0.2, 0) is 6.54 Å². The minimum absolute atomic E-state index is 0.960. The summed E-state index contributed by atoms with van der Waals surface area (Å²) in [7, 11) is 0. The topological polar surface area (TPSA) is 12.0 Å². The van der Waals surface area contributed by atoms with Crippen molar-refractivity contribution < 1.29 is 0 Å². The molecule has 0 aliphatic rings. The fraction of sp³-hybridized carbons (Fsp3) is 0.250. The van der Waals surface area contributed by atoms with Gasteiger partial charge in [0.15, 0.2) is 0 Å². The van der Waals surface area contributed by atoms with Gasteiger partial charge >= 0.3 is 0 Å². The maximum Gasteiger partial charge on any atom is 0.0208 e. The van der Waals surface area contributed by atoms with Crippen LogP contribution in [0.1, 0.15) is 11.1 Å². The van der Waals surface area contributed by atoms with E-state index >= 15 is 0 Å².